The van der Waals surface area contributed by atoms with E-state index in [-0.39, 0.29) is 29.1 Å². The van der Waals surface area contributed by atoms with Gasteiger partial charge in [0.2, 0.25) is 11.5 Å². The first kappa shape index (κ1) is 22.0. The van der Waals surface area contributed by atoms with E-state index in [1.54, 1.807) is 45.0 Å². The summed E-state index contributed by atoms with van der Waals surface area (Å²) in [6.45, 7) is 5.07. The topological polar surface area (TPSA) is 122 Å². The van der Waals surface area contributed by atoms with Crippen molar-refractivity contribution in [1.82, 2.24) is 5.32 Å². The molecule has 2 amide bonds. The van der Waals surface area contributed by atoms with Crippen LogP contribution < -0.4 is 14.8 Å². The van der Waals surface area contributed by atoms with Gasteiger partial charge in [0.15, 0.2) is 11.5 Å². The lowest BCUT2D eigenvalue weighted by Gasteiger charge is -2.35. The van der Waals surface area contributed by atoms with Crippen molar-refractivity contribution in [1.29, 1.82) is 0 Å². The molecule has 1 unspecified atom stereocenters. The molecule has 0 aromatic heterocycles. The Bertz CT molecular complexity index is 1130. The molecule has 2 atom stereocenters. The first-order chi connectivity index (χ1) is 15.1. The molecular formula is C23H23NO7S. The Morgan fingerprint density at radius 2 is 1.88 bits per heavy atom. The lowest BCUT2D eigenvalue weighted by molar-refractivity contribution is -0.152. The highest BCUT2D eigenvalue weighted by Gasteiger charge is 2.43. The van der Waals surface area contributed by atoms with Crippen LogP contribution in [-0.2, 0) is 22.4 Å². The highest BCUT2D eigenvalue weighted by molar-refractivity contribution is 8.15. The fourth-order valence-electron chi connectivity index (χ4n) is 3.81. The number of fused-ring (bicyclic) bond motifs is 1. The number of aromatic hydroxyl groups is 2. The maximum atomic E-state index is 12.9. The Hall–Kier alpha value is -3.20. The summed E-state index contributed by atoms with van der Waals surface area (Å²) in [6, 6.07) is 6.75. The zero-order valence-corrected chi connectivity index (χ0v) is 18.7. The summed E-state index contributed by atoms with van der Waals surface area (Å²) in [6.07, 6.45) is 1.01. The molecule has 3 N–H and O–H groups in total. The van der Waals surface area contributed by atoms with Crippen molar-refractivity contribution < 1.29 is 34.1 Å². The summed E-state index contributed by atoms with van der Waals surface area (Å²) in [5.41, 5.74) is 1.21. The molecule has 2 aliphatic rings. The van der Waals surface area contributed by atoms with E-state index in [1.165, 1.54) is 0 Å². The number of carbonyl (C=O) groups is 3. The van der Waals surface area contributed by atoms with Crippen molar-refractivity contribution in [2.24, 2.45) is 0 Å². The number of amides is 2. The maximum absolute atomic E-state index is 12.9. The minimum absolute atomic E-state index is 0.172. The van der Waals surface area contributed by atoms with E-state index in [4.69, 9.17) is 9.47 Å². The summed E-state index contributed by atoms with van der Waals surface area (Å²) in [7, 11) is 0. The second-order valence-electron chi connectivity index (χ2n) is 8.21. The molecule has 2 aliphatic heterocycles. The predicted molar refractivity (Wildman–Crippen MR) is 117 cm³/mol. The fourth-order valence-corrected chi connectivity index (χ4v) is 4.67. The highest BCUT2D eigenvalue weighted by atomic mass is 32.2. The zero-order valence-electron chi connectivity index (χ0n) is 17.9. The molecule has 2 aromatic rings. The number of esters is 1. The molecule has 0 radical (unpaired) electrons. The molecule has 0 aliphatic carbocycles. The van der Waals surface area contributed by atoms with Crippen LogP contribution in [0.5, 0.6) is 23.0 Å². The summed E-state index contributed by atoms with van der Waals surface area (Å²) < 4.78 is 11.6. The van der Waals surface area contributed by atoms with Crippen LogP contribution in [0, 0.1) is 13.8 Å². The lowest BCUT2D eigenvalue weighted by Crippen LogP contribution is -2.47. The largest absolute Gasteiger partial charge is 0.504 e. The van der Waals surface area contributed by atoms with Crippen molar-refractivity contribution >= 4 is 28.9 Å². The van der Waals surface area contributed by atoms with Gasteiger partial charge >= 0.3 is 5.97 Å². The van der Waals surface area contributed by atoms with Gasteiger partial charge in [-0.3, -0.25) is 14.9 Å². The van der Waals surface area contributed by atoms with Crippen molar-refractivity contribution in [3.05, 3.63) is 46.5 Å². The van der Waals surface area contributed by atoms with Crippen LogP contribution in [0.2, 0.25) is 0 Å². The smallest absolute Gasteiger partial charge is 0.355 e. The van der Waals surface area contributed by atoms with Crippen LogP contribution in [-0.4, -0.2) is 38.2 Å². The van der Waals surface area contributed by atoms with Gasteiger partial charge in [0, 0.05) is 17.5 Å². The highest BCUT2D eigenvalue weighted by Crippen LogP contribution is 2.47. The average molecular weight is 458 g/mol. The van der Waals surface area contributed by atoms with Gasteiger partial charge in [-0.2, -0.15) is 0 Å². The van der Waals surface area contributed by atoms with E-state index in [1.807, 2.05) is 0 Å². The van der Waals surface area contributed by atoms with E-state index in [2.05, 4.69) is 5.32 Å². The molecule has 168 valence electrons. The zero-order chi connectivity index (χ0) is 23.2. The lowest BCUT2D eigenvalue weighted by atomic mass is 9.89. The van der Waals surface area contributed by atoms with E-state index >= 15 is 0 Å². The molecule has 32 heavy (non-hydrogen) atoms. The van der Waals surface area contributed by atoms with Crippen LogP contribution in [0.3, 0.4) is 0 Å². The Balaban J connectivity index is 1.46. The Kier molecular flexibility index (Phi) is 5.54. The third kappa shape index (κ3) is 3.88. The molecule has 9 heteroatoms. The van der Waals surface area contributed by atoms with E-state index in [0.717, 1.165) is 17.3 Å². The monoisotopic (exact) mass is 457 g/mol. The molecule has 0 spiro atoms. The van der Waals surface area contributed by atoms with E-state index in [0.29, 0.717) is 41.0 Å². The number of imide groups is 1. The van der Waals surface area contributed by atoms with Gasteiger partial charge in [-0.05, 0) is 56.9 Å². The van der Waals surface area contributed by atoms with Gasteiger partial charge in [-0.1, -0.05) is 23.9 Å². The number of carbonyl (C=O) groups excluding carboxylic acids is 3. The van der Waals surface area contributed by atoms with E-state index in [9.17, 15) is 24.6 Å². The quantitative estimate of drug-likeness (QED) is 0.363. The number of thioether (sulfide) groups is 1. The Morgan fingerprint density at radius 1 is 1.19 bits per heavy atom. The van der Waals surface area contributed by atoms with Gasteiger partial charge in [-0.15, -0.1) is 0 Å². The molecule has 2 heterocycles. The SMILES string of the molecule is Cc1c(C)c2c(c(O)c1O)CC[C@@](C)(C(=O)Oc1ccc(CC3SC(=O)NC3=O)cc1)O2. The van der Waals surface area contributed by atoms with Crippen LogP contribution in [0.25, 0.3) is 0 Å². The van der Waals surface area contributed by atoms with Crippen molar-refractivity contribution in [3.8, 4) is 23.0 Å². The summed E-state index contributed by atoms with van der Waals surface area (Å²) >= 11 is 0.965. The minimum atomic E-state index is -1.26. The molecule has 0 saturated carbocycles. The third-order valence-corrected chi connectivity index (χ3v) is 6.96. The van der Waals surface area contributed by atoms with Crippen LogP contribution in [0.1, 0.15) is 35.6 Å². The van der Waals surface area contributed by atoms with Gasteiger partial charge < -0.3 is 19.7 Å². The standard InChI is InChI=1S/C23H23NO7S/c1-11-12(2)19-15(18(26)17(11)25)8-9-23(3,31-19)21(28)30-14-6-4-13(5-7-14)10-16-20(27)24-22(29)32-16/h4-7,16,25-26H,8-10H2,1-3H3,(H,24,27,29)/t16?,23-/m0/s1. The first-order valence-electron chi connectivity index (χ1n) is 10.1. The summed E-state index contributed by atoms with van der Waals surface area (Å²) in [5, 5.41) is 21.8. The number of hydrogen-bond donors (Lipinski definition) is 3. The second kappa shape index (κ2) is 8.05. The Labute approximate surface area is 188 Å². The third-order valence-electron chi connectivity index (χ3n) is 5.98. The van der Waals surface area contributed by atoms with Crippen LogP contribution in [0.15, 0.2) is 24.3 Å². The number of ether oxygens (including phenoxy) is 2. The molecule has 4 rings (SSSR count). The van der Waals surface area contributed by atoms with E-state index < -0.39 is 16.8 Å². The van der Waals surface area contributed by atoms with Crippen molar-refractivity contribution in [2.75, 3.05) is 0 Å². The van der Waals surface area contributed by atoms with Crippen molar-refractivity contribution in [3.63, 3.8) is 0 Å². The number of nitrogens with one attached hydrogen (secondary N) is 1. The van der Waals surface area contributed by atoms with Gasteiger partial charge in [0.05, 0.1) is 5.25 Å². The predicted octanol–water partition coefficient (Wildman–Crippen LogP) is 3.30. The number of phenolic OH excluding ortho intramolecular Hbond substituents is 2. The number of hydrogen-bond acceptors (Lipinski definition) is 8. The Morgan fingerprint density at radius 3 is 2.50 bits per heavy atom. The van der Waals surface area contributed by atoms with Gasteiger partial charge in [0.1, 0.15) is 11.5 Å². The molecular weight excluding hydrogens is 434 g/mol. The summed E-state index contributed by atoms with van der Waals surface area (Å²) in [5.74, 6) is -0.546. The fraction of sp³-hybridized carbons (Fsp3) is 0.348. The van der Waals surface area contributed by atoms with Crippen molar-refractivity contribution in [2.45, 2.75) is 50.9 Å². The van der Waals surface area contributed by atoms with Crippen LogP contribution in [0.4, 0.5) is 4.79 Å². The molecule has 8 nitrogen and oxygen atoms in total. The number of rotatable bonds is 4. The normalized spacial score (nSPS) is 22.2. The minimum Gasteiger partial charge on any atom is -0.504 e. The number of benzene rings is 2. The van der Waals surface area contributed by atoms with Gasteiger partial charge in [-0.25, -0.2) is 4.79 Å². The molecule has 2 aromatic carbocycles. The molecule has 1 saturated heterocycles. The van der Waals surface area contributed by atoms with Crippen LogP contribution >= 0.6 is 11.8 Å². The molecule has 1 fully saturated rings. The van der Waals surface area contributed by atoms with Gasteiger partial charge in [0.25, 0.3) is 5.24 Å². The molecule has 0 bridgehead atoms. The number of phenols is 2. The maximum Gasteiger partial charge on any atom is 0.355 e. The second-order valence-corrected chi connectivity index (χ2v) is 9.38. The summed E-state index contributed by atoms with van der Waals surface area (Å²) in [4.78, 5) is 36.0. The average Bonchev–Trinajstić information content (AvgIpc) is 3.08. The first-order valence-corrected chi connectivity index (χ1v) is 11.0.